The fourth-order valence-corrected chi connectivity index (χ4v) is 0.532. The van der Waals surface area contributed by atoms with Crippen LogP contribution in [0.1, 0.15) is 10.4 Å². The normalized spacial score (nSPS) is 6.44. The summed E-state index contributed by atoms with van der Waals surface area (Å²) in [6.45, 7) is 0. The molecule has 16 heavy (non-hydrogen) atoms. The largest absolute Gasteiger partial charge is 3.00 e. The van der Waals surface area contributed by atoms with Crippen molar-refractivity contribution in [3.05, 3.63) is 35.9 Å². The van der Waals surface area contributed by atoms with Gasteiger partial charge in [-0.05, 0) is 0 Å². The fourth-order valence-electron chi connectivity index (χ4n) is 0.532. The Hall–Kier alpha value is 0.624. The van der Waals surface area contributed by atoms with Crippen molar-refractivity contribution in [2.75, 3.05) is 12.5 Å². The van der Waals surface area contributed by atoms with E-state index in [0.717, 1.165) is 11.8 Å². The molecule has 2 nitrogen and oxygen atoms in total. The zero-order valence-corrected chi connectivity index (χ0v) is 13.5. The Morgan fingerprint density at radius 1 is 1.00 bits per heavy atom. The predicted molar refractivity (Wildman–Crippen MR) is 51.8 cm³/mol. The van der Waals surface area contributed by atoms with E-state index in [-0.39, 0.29) is 58.9 Å². The maximum absolute atomic E-state index is 10.0. The second-order valence-corrected chi connectivity index (χ2v) is 3.75. The monoisotopic (exact) mass is 337 g/mol. The van der Waals surface area contributed by atoms with Gasteiger partial charge in [0.05, 0.1) is 0 Å². The molecule has 0 N–H and O–H groups in total. The van der Waals surface area contributed by atoms with E-state index >= 15 is 0 Å². The van der Waals surface area contributed by atoms with E-state index in [1.165, 1.54) is 0 Å². The summed E-state index contributed by atoms with van der Waals surface area (Å²) in [5.74, 6) is 0. The molecule has 0 unspecified atom stereocenters. The van der Waals surface area contributed by atoms with E-state index in [1.807, 2.05) is 18.2 Å². The molecule has 0 aromatic heterocycles. The summed E-state index contributed by atoms with van der Waals surface area (Å²) in [6, 6.07) is 9.10. The van der Waals surface area contributed by atoms with E-state index < -0.39 is 10.8 Å². The summed E-state index contributed by atoms with van der Waals surface area (Å²) >= 11 is 0. The molecule has 0 amide bonds. The van der Waals surface area contributed by atoms with Gasteiger partial charge >= 0.3 is 21.7 Å². The van der Waals surface area contributed by atoms with Crippen molar-refractivity contribution in [1.29, 1.82) is 0 Å². The summed E-state index contributed by atoms with van der Waals surface area (Å²) in [7, 11) is -0.611. The molecule has 1 rings (SSSR count). The van der Waals surface area contributed by atoms with Crippen LogP contribution >= 0.6 is 0 Å². The van der Waals surface area contributed by atoms with Crippen molar-refractivity contribution in [1.82, 2.24) is 0 Å². The predicted octanol–water partition coefficient (Wildman–Crippen LogP) is -7.50. The molecule has 0 bridgehead atoms. The molecule has 0 fully saturated rings. The summed E-state index contributed by atoms with van der Waals surface area (Å²) < 4.78 is 9.56. The van der Waals surface area contributed by atoms with Crippen LogP contribution in [0, 0.1) is 0 Å². The number of halogens is 3. The number of benzene rings is 1. The van der Waals surface area contributed by atoms with Crippen LogP contribution in [0.25, 0.3) is 0 Å². The topological polar surface area (TPSA) is 34.1 Å². The van der Waals surface area contributed by atoms with E-state index in [9.17, 15) is 9.00 Å². The van der Waals surface area contributed by atoms with E-state index in [2.05, 4.69) is 0 Å². The maximum Gasteiger partial charge on any atom is 3.00 e. The van der Waals surface area contributed by atoms with Gasteiger partial charge in [-0.25, -0.2) is 0 Å². The van der Waals surface area contributed by atoms with Crippen LogP contribution in [0.3, 0.4) is 0 Å². The van der Waals surface area contributed by atoms with Gasteiger partial charge in [-0.2, -0.15) is 0 Å². The molecule has 0 aliphatic heterocycles. The van der Waals surface area contributed by atoms with Gasteiger partial charge in [0, 0.05) is 28.9 Å². The molecule has 1 aromatic rings. The second kappa shape index (κ2) is 21.0. The van der Waals surface area contributed by atoms with Gasteiger partial charge < -0.3 is 37.2 Å². The zero-order chi connectivity index (χ0) is 9.40. The van der Waals surface area contributed by atoms with Gasteiger partial charge in [-0.15, -0.1) is 0 Å². The van der Waals surface area contributed by atoms with Gasteiger partial charge in [-0.1, -0.05) is 30.3 Å². The Balaban J connectivity index is -0.0000000458. The Morgan fingerprint density at radius 2 is 1.31 bits per heavy atom. The van der Waals surface area contributed by atoms with Crippen molar-refractivity contribution in [2.24, 2.45) is 0 Å². The van der Waals surface area contributed by atoms with E-state index in [1.54, 1.807) is 24.6 Å². The molecule has 0 saturated carbocycles. The zero-order valence-electron chi connectivity index (χ0n) is 8.82. The minimum atomic E-state index is -0.611. The average Bonchev–Trinajstić information content (AvgIpc) is 2.05. The molecule has 1 aromatic carbocycles. The van der Waals surface area contributed by atoms with Gasteiger partial charge in [-0.3, -0.25) is 9.00 Å². The van der Waals surface area contributed by atoms with Gasteiger partial charge in [0.25, 0.3) is 0 Å². The average molecular weight is 338 g/mol. The van der Waals surface area contributed by atoms with Crippen molar-refractivity contribution in [2.45, 2.75) is 0 Å². The molecule has 1 radical (unpaired) electrons. The molecule has 7 heteroatoms. The van der Waals surface area contributed by atoms with Gasteiger partial charge in [0.1, 0.15) is 6.29 Å². The van der Waals surface area contributed by atoms with E-state index in [0.29, 0.717) is 0 Å². The summed E-state index contributed by atoms with van der Waals surface area (Å²) in [4.78, 5) is 10.0. The molecule has 0 spiro atoms. The smallest absolute Gasteiger partial charge is 1.00 e. The fraction of sp³-hybridized carbons (Fsp3) is 0.222. The molecule has 91 valence electrons. The first kappa shape index (κ1) is 30.0. The first-order valence-electron chi connectivity index (χ1n) is 3.42. The van der Waals surface area contributed by atoms with Gasteiger partial charge in [0.15, 0.2) is 0 Å². The second-order valence-electron chi connectivity index (χ2n) is 2.27. The number of carbonyl (C=O) groups is 1. The quantitative estimate of drug-likeness (QED) is 0.377. The van der Waals surface area contributed by atoms with Crippen molar-refractivity contribution >= 4 is 17.1 Å². The number of carbonyl (C=O) groups excluding carboxylic acids is 1. The number of aldehydes is 1. The molecule has 0 heterocycles. The number of hydrogen-bond acceptors (Lipinski definition) is 2. The summed E-state index contributed by atoms with van der Waals surface area (Å²) in [5, 5.41) is 0. The molecule has 0 atom stereocenters. The summed E-state index contributed by atoms with van der Waals surface area (Å²) in [5.41, 5.74) is 0.729. The third-order valence-electron chi connectivity index (χ3n) is 0.936. The SMILES string of the molecule is CS(C)=O.O=Cc1ccccc1.[Cl-].[Cl-].[Cl-].[Ti+3]. The molecular formula is C9H12Cl3O2STi. The first-order valence-corrected chi connectivity index (χ1v) is 5.38. The van der Waals surface area contributed by atoms with Crippen LogP contribution in [0.4, 0.5) is 0 Å². The minimum absolute atomic E-state index is 0. The van der Waals surface area contributed by atoms with Crippen LogP contribution in [-0.2, 0) is 32.5 Å². The van der Waals surface area contributed by atoms with Crippen LogP contribution in [0.2, 0.25) is 0 Å². The maximum atomic E-state index is 10.0. The Morgan fingerprint density at radius 3 is 1.50 bits per heavy atom. The van der Waals surface area contributed by atoms with Crippen molar-refractivity contribution in [3.63, 3.8) is 0 Å². The third-order valence-corrected chi connectivity index (χ3v) is 0.936. The Kier molecular flexibility index (Phi) is 39.4. The van der Waals surface area contributed by atoms with Crippen LogP contribution < -0.4 is 37.2 Å². The minimum Gasteiger partial charge on any atom is -1.00 e. The van der Waals surface area contributed by atoms with Crippen molar-refractivity contribution in [3.8, 4) is 0 Å². The van der Waals surface area contributed by atoms with Crippen LogP contribution in [0.15, 0.2) is 30.3 Å². The van der Waals surface area contributed by atoms with Gasteiger partial charge in [0.2, 0.25) is 0 Å². The molecule has 0 aliphatic rings. The number of rotatable bonds is 1. The van der Waals surface area contributed by atoms with E-state index in [4.69, 9.17) is 0 Å². The Labute approximate surface area is 133 Å². The van der Waals surface area contributed by atoms with Crippen LogP contribution in [0.5, 0.6) is 0 Å². The van der Waals surface area contributed by atoms with Crippen molar-refractivity contribution < 1.29 is 67.9 Å². The third kappa shape index (κ3) is 24.0. The standard InChI is InChI=1S/C7H6O.C2H6OS.3ClH.Ti/c8-6-7-4-2-1-3-5-7;1-4(2)3;;;;/h1-6H;1-2H3;3*1H;/q;;;;;+3/p-3. The molecular weight excluding hydrogens is 326 g/mol. The van der Waals surface area contributed by atoms with Crippen LogP contribution in [-0.4, -0.2) is 23.0 Å². The first-order chi connectivity index (χ1) is 5.66. The molecule has 0 aliphatic carbocycles. The summed E-state index contributed by atoms with van der Waals surface area (Å²) in [6.07, 6.45) is 4.11. The number of hydrogen-bond donors (Lipinski definition) is 0. The molecule has 0 saturated heterocycles. The Bertz CT molecular complexity index is 256.